The highest BCUT2D eigenvalue weighted by atomic mass is 16.3. The normalized spacial score (nSPS) is 22.0. The molecular formula is C15H23N3O3. The Morgan fingerprint density at radius 3 is 2.76 bits per heavy atom. The number of aliphatic hydroxyl groups is 1. The molecule has 0 aromatic carbocycles. The van der Waals surface area contributed by atoms with E-state index in [-0.39, 0.29) is 23.3 Å². The molecule has 0 unspecified atom stereocenters. The molecule has 0 bridgehead atoms. The largest absolute Gasteiger partial charge is 0.393 e. The molecule has 116 valence electrons. The van der Waals surface area contributed by atoms with Crippen LogP contribution in [-0.2, 0) is 6.54 Å². The molecule has 1 aromatic heterocycles. The van der Waals surface area contributed by atoms with Gasteiger partial charge in [-0.15, -0.1) is 0 Å². The molecule has 6 heteroatoms. The molecule has 6 nitrogen and oxygen atoms in total. The van der Waals surface area contributed by atoms with Gasteiger partial charge in [-0.2, -0.15) is 5.10 Å². The number of aryl methyl sites for hydroxylation is 1. The standard InChI is InChI=1S/C15H23N3O3/c1-2-9-18-14(20)8-7-13(17-18)15(21)16-10-11-3-5-12(19)6-4-11/h7-8,11-12,19H,2-6,9-10H2,1H3,(H,16,21). The smallest absolute Gasteiger partial charge is 0.271 e. The molecule has 0 atom stereocenters. The molecule has 1 saturated carbocycles. The molecule has 21 heavy (non-hydrogen) atoms. The van der Waals surface area contributed by atoms with Crippen LogP contribution in [0.3, 0.4) is 0 Å². The molecule has 2 rings (SSSR count). The maximum atomic E-state index is 12.1. The highest BCUT2D eigenvalue weighted by Crippen LogP contribution is 2.23. The van der Waals surface area contributed by atoms with Crippen LogP contribution in [0.5, 0.6) is 0 Å². The Kier molecular flexibility index (Phi) is 5.50. The summed E-state index contributed by atoms with van der Waals surface area (Å²) in [6.45, 7) is 3.07. The van der Waals surface area contributed by atoms with Crippen molar-refractivity contribution < 1.29 is 9.90 Å². The molecule has 0 saturated heterocycles. The van der Waals surface area contributed by atoms with Gasteiger partial charge in [0, 0.05) is 19.2 Å². The molecule has 1 aliphatic carbocycles. The van der Waals surface area contributed by atoms with E-state index < -0.39 is 0 Å². The first-order valence-corrected chi connectivity index (χ1v) is 7.64. The van der Waals surface area contributed by atoms with Gasteiger partial charge in [0.05, 0.1) is 6.10 Å². The van der Waals surface area contributed by atoms with Crippen LogP contribution in [0.25, 0.3) is 0 Å². The van der Waals surface area contributed by atoms with E-state index >= 15 is 0 Å². The summed E-state index contributed by atoms with van der Waals surface area (Å²) in [4.78, 5) is 23.6. The lowest BCUT2D eigenvalue weighted by Gasteiger charge is -2.25. The van der Waals surface area contributed by atoms with Crippen LogP contribution in [0.2, 0.25) is 0 Å². The van der Waals surface area contributed by atoms with E-state index in [2.05, 4.69) is 10.4 Å². The highest BCUT2D eigenvalue weighted by molar-refractivity contribution is 5.91. The maximum absolute atomic E-state index is 12.1. The number of carbonyl (C=O) groups is 1. The van der Waals surface area contributed by atoms with Crippen LogP contribution in [0.4, 0.5) is 0 Å². The highest BCUT2D eigenvalue weighted by Gasteiger charge is 2.20. The molecule has 1 fully saturated rings. The lowest BCUT2D eigenvalue weighted by molar-refractivity contribution is 0.0903. The van der Waals surface area contributed by atoms with Gasteiger partial charge in [-0.3, -0.25) is 9.59 Å². The number of nitrogens with one attached hydrogen (secondary N) is 1. The van der Waals surface area contributed by atoms with E-state index in [4.69, 9.17) is 0 Å². The number of amides is 1. The van der Waals surface area contributed by atoms with Crippen LogP contribution in [0, 0.1) is 5.92 Å². The van der Waals surface area contributed by atoms with Gasteiger partial charge < -0.3 is 10.4 Å². The summed E-state index contributed by atoms with van der Waals surface area (Å²) in [6.07, 6.45) is 4.09. The summed E-state index contributed by atoms with van der Waals surface area (Å²) in [6, 6.07) is 2.85. The summed E-state index contributed by atoms with van der Waals surface area (Å²) >= 11 is 0. The summed E-state index contributed by atoms with van der Waals surface area (Å²) in [7, 11) is 0. The second-order valence-electron chi connectivity index (χ2n) is 5.66. The Morgan fingerprint density at radius 2 is 2.10 bits per heavy atom. The third kappa shape index (κ3) is 4.39. The Bertz CT molecular complexity index is 533. The van der Waals surface area contributed by atoms with Gasteiger partial charge >= 0.3 is 0 Å². The number of carbonyl (C=O) groups excluding carboxylic acids is 1. The zero-order valence-corrected chi connectivity index (χ0v) is 12.4. The first-order valence-electron chi connectivity index (χ1n) is 7.64. The van der Waals surface area contributed by atoms with Crippen molar-refractivity contribution in [1.82, 2.24) is 15.1 Å². The number of hydrogen-bond donors (Lipinski definition) is 2. The third-order valence-corrected chi connectivity index (χ3v) is 3.90. The van der Waals surface area contributed by atoms with E-state index in [1.807, 2.05) is 6.92 Å². The molecule has 1 aromatic rings. The quantitative estimate of drug-likeness (QED) is 0.846. The third-order valence-electron chi connectivity index (χ3n) is 3.90. The summed E-state index contributed by atoms with van der Waals surface area (Å²) < 4.78 is 1.33. The fourth-order valence-electron chi connectivity index (χ4n) is 2.62. The molecule has 0 radical (unpaired) electrons. The molecule has 0 spiro atoms. The van der Waals surface area contributed by atoms with Crippen molar-refractivity contribution in [3.05, 3.63) is 28.2 Å². The fraction of sp³-hybridized carbons (Fsp3) is 0.667. The van der Waals surface area contributed by atoms with E-state index in [0.29, 0.717) is 19.0 Å². The van der Waals surface area contributed by atoms with Gasteiger partial charge in [0.1, 0.15) is 5.69 Å². The Balaban J connectivity index is 1.91. The minimum absolute atomic E-state index is 0.184. The predicted molar refractivity (Wildman–Crippen MR) is 79.1 cm³/mol. The summed E-state index contributed by atoms with van der Waals surface area (Å²) in [5.74, 6) is 0.171. The number of hydrogen-bond acceptors (Lipinski definition) is 4. The summed E-state index contributed by atoms with van der Waals surface area (Å²) in [5, 5.41) is 16.4. The predicted octanol–water partition coefficient (Wildman–Crippen LogP) is 0.934. The Morgan fingerprint density at radius 1 is 1.38 bits per heavy atom. The molecule has 1 amide bonds. The number of nitrogens with zero attached hydrogens (tertiary/aromatic N) is 2. The average Bonchev–Trinajstić information content (AvgIpc) is 2.49. The number of rotatable bonds is 5. The van der Waals surface area contributed by atoms with E-state index in [1.165, 1.54) is 16.8 Å². The number of aliphatic hydroxyl groups excluding tert-OH is 1. The van der Waals surface area contributed by atoms with Crippen LogP contribution in [0.15, 0.2) is 16.9 Å². The van der Waals surface area contributed by atoms with Crippen molar-refractivity contribution in [1.29, 1.82) is 0 Å². The number of aromatic nitrogens is 2. The lowest BCUT2D eigenvalue weighted by atomic mass is 9.87. The van der Waals surface area contributed by atoms with Crippen molar-refractivity contribution >= 4 is 5.91 Å². The molecular weight excluding hydrogens is 270 g/mol. The van der Waals surface area contributed by atoms with Crippen molar-refractivity contribution in [2.24, 2.45) is 5.92 Å². The van der Waals surface area contributed by atoms with Crippen LogP contribution >= 0.6 is 0 Å². The minimum Gasteiger partial charge on any atom is -0.393 e. The first kappa shape index (κ1) is 15.7. The SMILES string of the molecule is CCCn1nc(C(=O)NCC2CCC(O)CC2)ccc1=O. The van der Waals surface area contributed by atoms with Gasteiger partial charge in [-0.1, -0.05) is 6.92 Å². The van der Waals surface area contributed by atoms with Gasteiger partial charge in [0.25, 0.3) is 11.5 Å². The van der Waals surface area contributed by atoms with Crippen LogP contribution < -0.4 is 10.9 Å². The van der Waals surface area contributed by atoms with Gasteiger partial charge in [-0.25, -0.2) is 4.68 Å². The van der Waals surface area contributed by atoms with E-state index in [0.717, 1.165) is 32.1 Å². The Labute approximate surface area is 124 Å². The fourth-order valence-corrected chi connectivity index (χ4v) is 2.62. The Hall–Kier alpha value is -1.69. The zero-order valence-electron chi connectivity index (χ0n) is 12.4. The average molecular weight is 293 g/mol. The van der Waals surface area contributed by atoms with Crippen molar-refractivity contribution in [3.8, 4) is 0 Å². The first-order chi connectivity index (χ1) is 10.1. The topological polar surface area (TPSA) is 84.2 Å². The second-order valence-corrected chi connectivity index (χ2v) is 5.66. The lowest BCUT2D eigenvalue weighted by Crippen LogP contribution is -2.34. The van der Waals surface area contributed by atoms with E-state index in [1.54, 1.807) is 0 Å². The van der Waals surface area contributed by atoms with Crippen LogP contribution in [0.1, 0.15) is 49.5 Å². The molecule has 1 heterocycles. The summed E-state index contributed by atoms with van der Waals surface area (Å²) in [5.41, 5.74) is 0.0913. The monoisotopic (exact) mass is 293 g/mol. The molecule has 0 aliphatic heterocycles. The van der Waals surface area contributed by atoms with Gasteiger partial charge in [0.15, 0.2) is 0 Å². The van der Waals surface area contributed by atoms with Crippen LogP contribution in [-0.4, -0.2) is 33.4 Å². The second kappa shape index (κ2) is 7.36. The minimum atomic E-state index is -0.244. The maximum Gasteiger partial charge on any atom is 0.271 e. The molecule has 1 aliphatic rings. The molecule has 2 N–H and O–H groups in total. The van der Waals surface area contributed by atoms with Crippen molar-refractivity contribution in [2.45, 2.75) is 51.7 Å². The zero-order chi connectivity index (χ0) is 15.2. The van der Waals surface area contributed by atoms with Crippen molar-refractivity contribution in [3.63, 3.8) is 0 Å². The van der Waals surface area contributed by atoms with Crippen molar-refractivity contribution in [2.75, 3.05) is 6.54 Å². The van der Waals surface area contributed by atoms with Gasteiger partial charge in [0.2, 0.25) is 0 Å². The van der Waals surface area contributed by atoms with Gasteiger partial charge in [-0.05, 0) is 44.1 Å². The van der Waals surface area contributed by atoms with E-state index in [9.17, 15) is 14.7 Å².